The summed E-state index contributed by atoms with van der Waals surface area (Å²) in [5, 5.41) is 8.47. The van der Waals surface area contributed by atoms with Crippen LogP contribution < -0.4 is 0 Å². The minimum Gasteiger partial charge on any atom is -0.696 e. The highest BCUT2D eigenvalue weighted by Gasteiger charge is 2.42. The van der Waals surface area contributed by atoms with Crippen molar-refractivity contribution in [3.8, 4) is 5.40 Å². The van der Waals surface area contributed by atoms with Crippen LogP contribution in [0.5, 0.6) is 0 Å². The van der Waals surface area contributed by atoms with Crippen LogP contribution >= 0.6 is 0 Å². The molecule has 0 spiro atoms. The molecule has 0 atom stereocenters. The van der Waals surface area contributed by atoms with Crippen LogP contribution in [0.1, 0.15) is 33.6 Å². The summed E-state index contributed by atoms with van der Waals surface area (Å²) in [6, 6.07) is 0. The standard InChI is InChI=1S/C10H22NO.CHNS/c1-10(2,3)11(9-12-4)7-5-6-8-11;2-1-3/h5-9H2,1-4H3;3H/q+1;/p-1. The van der Waals surface area contributed by atoms with Gasteiger partial charge in [-0.05, 0) is 20.8 Å². The number of hydrogen-bond donors (Lipinski definition) is 0. The van der Waals surface area contributed by atoms with Gasteiger partial charge in [0.15, 0.2) is 6.73 Å². The van der Waals surface area contributed by atoms with Gasteiger partial charge in [0.1, 0.15) is 0 Å². The smallest absolute Gasteiger partial charge is 0.183 e. The number of nitriles is 1. The van der Waals surface area contributed by atoms with Gasteiger partial charge in [-0.1, -0.05) is 5.40 Å². The molecule has 0 aromatic heterocycles. The average Bonchev–Trinajstić information content (AvgIpc) is 2.55. The Morgan fingerprint density at radius 3 is 2.00 bits per heavy atom. The molecule has 88 valence electrons. The second-order valence-corrected chi connectivity index (χ2v) is 5.16. The van der Waals surface area contributed by atoms with Crippen LogP contribution in [0, 0.1) is 10.7 Å². The van der Waals surface area contributed by atoms with Crippen molar-refractivity contribution in [3.63, 3.8) is 0 Å². The first-order valence-electron chi connectivity index (χ1n) is 5.30. The molecule has 4 heteroatoms. The molecule has 1 saturated heterocycles. The van der Waals surface area contributed by atoms with Crippen LogP contribution in [0.3, 0.4) is 0 Å². The van der Waals surface area contributed by atoms with E-state index in [1.54, 1.807) is 0 Å². The quantitative estimate of drug-likeness (QED) is 0.413. The fourth-order valence-electron chi connectivity index (χ4n) is 2.18. The molecule has 0 N–H and O–H groups in total. The van der Waals surface area contributed by atoms with Gasteiger partial charge in [0.25, 0.3) is 0 Å². The zero-order chi connectivity index (χ0) is 11.9. The lowest BCUT2D eigenvalue weighted by atomic mass is 10.0. The van der Waals surface area contributed by atoms with E-state index in [-0.39, 0.29) is 0 Å². The van der Waals surface area contributed by atoms with E-state index in [0.717, 1.165) is 11.2 Å². The molecule has 0 radical (unpaired) electrons. The predicted octanol–water partition coefficient (Wildman–Crippen LogP) is 2.01. The summed E-state index contributed by atoms with van der Waals surface area (Å²) < 4.78 is 6.47. The van der Waals surface area contributed by atoms with Crippen molar-refractivity contribution >= 4 is 12.6 Å². The predicted molar refractivity (Wildman–Crippen MR) is 63.8 cm³/mol. The lowest BCUT2D eigenvalue weighted by Gasteiger charge is -2.44. The largest absolute Gasteiger partial charge is 0.696 e. The number of likely N-dealkylation sites (tertiary alicyclic amines) is 1. The topological polar surface area (TPSA) is 33.0 Å². The Kier molecular flexibility index (Phi) is 6.11. The Bertz CT molecular complexity index is 212. The van der Waals surface area contributed by atoms with E-state index in [0.29, 0.717) is 5.54 Å². The van der Waals surface area contributed by atoms with Crippen LogP contribution in [0.4, 0.5) is 0 Å². The highest BCUT2D eigenvalue weighted by Crippen LogP contribution is 2.30. The van der Waals surface area contributed by atoms with Gasteiger partial charge in [0, 0.05) is 20.0 Å². The van der Waals surface area contributed by atoms with Crippen LogP contribution in [-0.2, 0) is 17.4 Å². The van der Waals surface area contributed by atoms with Gasteiger partial charge in [0.05, 0.1) is 18.6 Å². The monoisotopic (exact) mass is 230 g/mol. The first-order chi connectivity index (χ1) is 6.93. The lowest BCUT2D eigenvalue weighted by Crippen LogP contribution is -2.59. The first-order valence-corrected chi connectivity index (χ1v) is 5.71. The maximum Gasteiger partial charge on any atom is 0.183 e. The summed E-state index contributed by atoms with van der Waals surface area (Å²) in [4.78, 5) is 0. The Balaban J connectivity index is 0.000000583. The van der Waals surface area contributed by atoms with Gasteiger partial charge in [-0.2, -0.15) is 0 Å². The minimum absolute atomic E-state index is 0.340. The van der Waals surface area contributed by atoms with E-state index in [2.05, 4.69) is 33.4 Å². The van der Waals surface area contributed by atoms with Gasteiger partial charge in [0.2, 0.25) is 0 Å². The Morgan fingerprint density at radius 2 is 1.73 bits per heavy atom. The molecule has 0 saturated carbocycles. The summed E-state index contributed by atoms with van der Waals surface area (Å²) in [5.74, 6) is 0. The molecule has 1 aliphatic heterocycles. The fraction of sp³-hybridized carbons (Fsp3) is 0.909. The van der Waals surface area contributed by atoms with Crippen LogP contribution in [0.15, 0.2) is 0 Å². The molecular weight excluding hydrogens is 208 g/mol. The molecule has 0 aliphatic carbocycles. The number of hydrogen-bond acceptors (Lipinski definition) is 3. The van der Waals surface area contributed by atoms with Crippen LogP contribution in [-0.4, -0.2) is 37.0 Å². The van der Waals surface area contributed by atoms with Crippen molar-refractivity contribution < 1.29 is 9.22 Å². The lowest BCUT2D eigenvalue weighted by molar-refractivity contribution is -0.976. The van der Waals surface area contributed by atoms with Crippen molar-refractivity contribution in [1.82, 2.24) is 0 Å². The molecule has 0 aromatic rings. The summed E-state index contributed by atoms with van der Waals surface area (Å²) >= 11 is 3.70. The normalized spacial score (nSPS) is 18.9. The number of methoxy groups -OCH3 is 1. The van der Waals surface area contributed by atoms with E-state index in [1.165, 1.54) is 31.3 Å². The number of quaternary nitrogens is 1. The highest BCUT2D eigenvalue weighted by molar-refractivity contribution is 7.64. The summed E-state index contributed by atoms with van der Waals surface area (Å²) in [6.07, 6.45) is 2.72. The average molecular weight is 230 g/mol. The van der Waals surface area contributed by atoms with E-state index >= 15 is 0 Å². The summed E-state index contributed by atoms with van der Waals surface area (Å²) in [7, 11) is 1.81. The third-order valence-corrected chi connectivity index (χ3v) is 3.22. The van der Waals surface area contributed by atoms with Crippen molar-refractivity contribution in [3.05, 3.63) is 0 Å². The second-order valence-electron chi connectivity index (χ2n) is 4.98. The van der Waals surface area contributed by atoms with Crippen LogP contribution in [0.25, 0.3) is 0 Å². The van der Waals surface area contributed by atoms with E-state index in [4.69, 9.17) is 10.00 Å². The van der Waals surface area contributed by atoms with Gasteiger partial charge in [-0.25, -0.2) is 5.26 Å². The molecule has 1 fully saturated rings. The van der Waals surface area contributed by atoms with E-state index in [1.807, 2.05) is 7.11 Å². The molecule has 1 rings (SSSR count). The Morgan fingerprint density at radius 1 is 1.33 bits per heavy atom. The number of nitrogens with zero attached hydrogens (tertiary/aromatic N) is 2. The van der Waals surface area contributed by atoms with Gasteiger partial charge >= 0.3 is 0 Å². The Labute approximate surface area is 99.0 Å². The summed E-state index contributed by atoms with van der Waals surface area (Å²) in [6.45, 7) is 10.4. The molecule has 1 aliphatic rings. The van der Waals surface area contributed by atoms with Crippen molar-refractivity contribution in [2.75, 3.05) is 26.9 Å². The maximum absolute atomic E-state index is 7.13. The minimum atomic E-state index is 0.340. The molecule has 1 heterocycles. The molecule has 0 bridgehead atoms. The molecule has 0 unspecified atom stereocenters. The Hall–Kier alpha value is -0.370. The van der Waals surface area contributed by atoms with Gasteiger partial charge in [-0.15, -0.1) is 0 Å². The third kappa shape index (κ3) is 3.94. The van der Waals surface area contributed by atoms with E-state index < -0.39 is 0 Å². The molecule has 3 nitrogen and oxygen atoms in total. The summed E-state index contributed by atoms with van der Waals surface area (Å²) in [5.41, 5.74) is 0.340. The number of ether oxygens (including phenoxy) is 1. The molecular formula is C11H22N2OS. The SMILES string of the molecule is COC[N+]1(C(C)(C)C)CCCC1.N#C[S-]. The highest BCUT2D eigenvalue weighted by atomic mass is 32.1. The van der Waals surface area contributed by atoms with Crippen molar-refractivity contribution in [1.29, 1.82) is 5.26 Å². The third-order valence-electron chi connectivity index (χ3n) is 3.22. The molecule has 0 amide bonds. The van der Waals surface area contributed by atoms with Crippen LogP contribution in [0.2, 0.25) is 0 Å². The van der Waals surface area contributed by atoms with Gasteiger partial charge in [-0.3, -0.25) is 4.48 Å². The van der Waals surface area contributed by atoms with Crippen molar-refractivity contribution in [2.24, 2.45) is 0 Å². The van der Waals surface area contributed by atoms with E-state index in [9.17, 15) is 0 Å². The molecule has 0 aromatic carbocycles. The molecule has 15 heavy (non-hydrogen) atoms. The van der Waals surface area contributed by atoms with Gasteiger partial charge < -0.3 is 17.4 Å². The maximum atomic E-state index is 7.13. The number of rotatable bonds is 2. The zero-order valence-corrected chi connectivity index (χ0v) is 11.1. The zero-order valence-electron chi connectivity index (χ0n) is 10.2. The number of thiocyanates is 1. The van der Waals surface area contributed by atoms with Crippen molar-refractivity contribution in [2.45, 2.75) is 39.2 Å². The first kappa shape index (κ1) is 14.6. The fourth-order valence-corrected chi connectivity index (χ4v) is 2.18. The second kappa shape index (κ2) is 6.26.